The van der Waals surface area contributed by atoms with Gasteiger partial charge in [-0.05, 0) is 49.7 Å². The van der Waals surface area contributed by atoms with Gasteiger partial charge in [0.05, 0.1) is 6.42 Å². The van der Waals surface area contributed by atoms with Crippen LogP contribution in [0.15, 0.2) is 46.9 Å². The first-order valence-electron chi connectivity index (χ1n) is 8.41. The molecular weight excluding hydrogens is 412 g/mol. The van der Waals surface area contributed by atoms with Crippen molar-refractivity contribution in [2.75, 3.05) is 17.2 Å². The number of carbonyl (C=O) groups is 3. The number of benzene rings is 2. The third kappa shape index (κ3) is 7.22. The third-order valence-electron chi connectivity index (χ3n) is 3.70. The maximum Gasteiger partial charge on any atom is 0.306 e. The summed E-state index contributed by atoms with van der Waals surface area (Å²) >= 11 is 3.30. The van der Waals surface area contributed by atoms with Crippen LogP contribution in [0.25, 0.3) is 0 Å². The van der Waals surface area contributed by atoms with Gasteiger partial charge in [0.25, 0.3) is 5.91 Å². The van der Waals surface area contributed by atoms with Crippen LogP contribution in [0.3, 0.4) is 0 Å². The average molecular weight is 433 g/mol. The number of anilines is 2. The Labute approximate surface area is 166 Å². The van der Waals surface area contributed by atoms with Gasteiger partial charge in [-0.1, -0.05) is 33.6 Å². The highest BCUT2D eigenvalue weighted by Gasteiger charge is 2.11. The number of amides is 2. The molecular formula is C20H21BrN2O4. The molecule has 2 aromatic rings. The van der Waals surface area contributed by atoms with Crippen molar-refractivity contribution in [3.8, 4) is 0 Å². The van der Waals surface area contributed by atoms with Crippen molar-refractivity contribution in [1.82, 2.24) is 0 Å². The zero-order valence-corrected chi connectivity index (χ0v) is 16.8. The Balaban J connectivity index is 1.69. The van der Waals surface area contributed by atoms with E-state index in [-0.39, 0.29) is 18.7 Å². The summed E-state index contributed by atoms with van der Waals surface area (Å²) in [6, 6.07) is 12.7. The number of carbonyl (C=O) groups excluding carboxylic acids is 3. The number of halogens is 1. The summed E-state index contributed by atoms with van der Waals surface area (Å²) in [6.45, 7) is 3.48. The lowest BCUT2D eigenvalue weighted by Crippen LogP contribution is -2.21. The van der Waals surface area contributed by atoms with E-state index >= 15 is 0 Å². The van der Waals surface area contributed by atoms with E-state index in [1.165, 1.54) is 0 Å². The molecule has 0 fully saturated rings. The van der Waals surface area contributed by atoms with E-state index in [4.69, 9.17) is 4.74 Å². The zero-order valence-electron chi connectivity index (χ0n) is 15.2. The van der Waals surface area contributed by atoms with Gasteiger partial charge in [-0.25, -0.2) is 0 Å². The van der Waals surface area contributed by atoms with Gasteiger partial charge in [0.15, 0.2) is 6.61 Å². The normalized spacial score (nSPS) is 10.2. The van der Waals surface area contributed by atoms with E-state index in [1.807, 2.05) is 32.0 Å². The Morgan fingerprint density at radius 3 is 2.30 bits per heavy atom. The molecule has 2 amide bonds. The number of rotatable bonds is 7. The van der Waals surface area contributed by atoms with Crippen LogP contribution in [0.4, 0.5) is 11.4 Å². The predicted molar refractivity (Wildman–Crippen MR) is 108 cm³/mol. The quantitative estimate of drug-likeness (QED) is 0.648. The van der Waals surface area contributed by atoms with Crippen LogP contribution in [-0.4, -0.2) is 24.4 Å². The third-order valence-corrected chi connectivity index (χ3v) is 4.23. The molecule has 0 unspecified atom stereocenters. The van der Waals surface area contributed by atoms with Crippen LogP contribution in [0.2, 0.25) is 0 Å². The fraction of sp³-hybridized carbons (Fsp3) is 0.250. The molecule has 2 N–H and O–H groups in total. The maximum absolute atomic E-state index is 12.0. The Morgan fingerprint density at radius 2 is 1.63 bits per heavy atom. The Morgan fingerprint density at radius 1 is 0.926 bits per heavy atom. The first-order valence-corrected chi connectivity index (χ1v) is 9.21. The number of esters is 1. The second-order valence-corrected chi connectivity index (χ2v) is 7.00. The van der Waals surface area contributed by atoms with Gasteiger partial charge < -0.3 is 15.4 Å². The monoisotopic (exact) mass is 432 g/mol. The van der Waals surface area contributed by atoms with Gasteiger partial charge in [0, 0.05) is 22.3 Å². The highest BCUT2D eigenvalue weighted by molar-refractivity contribution is 9.10. The van der Waals surface area contributed by atoms with Crippen LogP contribution >= 0.6 is 15.9 Å². The Kier molecular flexibility index (Phi) is 7.55. The summed E-state index contributed by atoms with van der Waals surface area (Å²) in [6.07, 6.45) is -0.108. The van der Waals surface area contributed by atoms with Crippen LogP contribution in [-0.2, 0) is 19.1 Å². The van der Waals surface area contributed by atoms with Crippen molar-refractivity contribution in [1.29, 1.82) is 0 Å². The second-order valence-electron chi connectivity index (χ2n) is 6.08. The zero-order chi connectivity index (χ0) is 19.8. The van der Waals surface area contributed by atoms with E-state index in [0.717, 1.165) is 15.6 Å². The second kappa shape index (κ2) is 9.87. The fourth-order valence-corrected chi connectivity index (χ4v) is 2.59. The number of ether oxygens (including phenoxy) is 1. The van der Waals surface area contributed by atoms with E-state index < -0.39 is 18.5 Å². The van der Waals surface area contributed by atoms with Crippen molar-refractivity contribution in [2.24, 2.45) is 0 Å². The molecule has 0 saturated carbocycles. The van der Waals surface area contributed by atoms with E-state index in [9.17, 15) is 14.4 Å². The minimum atomic E-state index is -0.600. The summed E-state index contributed by atoms with van der Waals surface area (Å²) in [5.41, 5.74) is 3.38. The summed E-state index contributed by atoms with van der Waals surface area (Å²) < 4.78 is 5.79. The number of nitrogens with one attached hydrogen (secondary N) is 2. The van der Waals surface area contributed by atoms with Gasteiger partial charge in [-0.3, -0.25) is 14.4 Å². The molecule has 7 heteroatoms. The smallest absolute Gasteiger partial charge is 0.306 e. The predicted octanol–water partition coefficient (Wildman–Crippen LogP) is 3.97. The molecule has 142 valence electrons. The van der Waals surface area contributed by atoms with Crippen molar-refractivity contribution < 1.29 is 19.1 Å². The standard InChI is InChI=1S/C20H21BrN2O4/c1-13-3-8-17(14(2)11-13)23-18(24)9-10-20(26)27-12-19(25)22-16-6-4-15(21)5-7-16/h3-8,11H,9-10,12H2,1-2H3,(H,22,25)(H,23,24). The number of hydrogen-bond donors (Lipinski definition) is 2. The molecule has 0 aliphatic carbocycles. The van der Waals surface area contributed by atoms with E-state index in [1.54, 1.807) is 24.3 Å². The van der Waals surface area contributed by atoms with E-state index in [2.05, 4.69) is 26.6 Å². The first-order chi connectivity index (χ1) is 12.8. The van der Waals surface area contributed by atoms with Gasteiger partial charge in [0.2, 0.25) is 5.91 Å². The topological polar surface area (TPSA) is 84.5 Å². The maximum atomic E-state index is 12.0. The van der Waals surface area contributed by atoms with Crippen molar-refractivity contribution in [2.45, 2.75) is 26.7 Å². The summed E-state index contributed by atoms with van der Waals surface area (Å²) in [7, 11) is 0. The van der Waals surface area contributed by atoms with Crippen LogP contribution in [0, 0.1) is 13.8 Å². The average Bonchev–Trinajstić information content (AvgIpc) is 2.62. The molecule has 0 aliphatic rings. The van der Waals surface area contributed by atoms with Crippen LogP contribution in [0.5, 0.6) is 0 Å². The Hall–Kier alpha value is -2.67. The molecule has 0 aromatic heterocycles. The molecule has 2 rings (SSSR count). The lowest BCUT2D eigenvalue weighted by Gasteiger charge is -2.09. The summed E-state index contributed by atoms with van der Waals surface area (Å²) in [5, 5.41) is 5.38. The lowest BCUT2D eigenvalue weighted by atomic mass is 10.1. The van der Waals surface area contributed by atoms with Crippen molar-refractivity contribution in [3.63, 3.8) is 0 Å². The van der Waals surface area contributed by atoms with Gasteiger partial charge in [-0.15, -0.1) is 0 Å². The number of aryl methyl sites for hydroxylation is 2. The minimum Gasteiger partial charge on any atom is -0.456 e. The molecule has 27 heavy (non-hydrogen) atoms. The van der Waals surface area contributed by atoms with Gasteiger partial charge in [0.1, 0.15) is 0 Å². The summed E-state index contributed by atoms with van der Waals surface area (Å²) in [4.78, 5) is 35.5. The molecule has 0 spiro atoms. The molecule has 0 aliphatic heterocycles. The lowest BCUT2D eigenvalue weighted by molar-refractivity contribution is -0.147. The van der Waals surface area contributed by atoms with Crippen LogP contribution < -0.4 is 10.6 Å². The van der Waals surface area contributed by atoms with E-state index in [0.29, 0.717) is 11.4 Å². The molecule has 0 radical (unpaired) electrons. The van der Waals surface area contributed by atoms with Crippen LogP contribution in [0.1, 0.15) is 24.0 Å². The van der Waals surface area contributed by atoms with Gasteiger partial charge in [-0.2, -0.15) is 0 Å². The number of hydrogen-bond acceptors (Lipinski definition) is 4. The minimum absolute atomic E-state index is 0.0134. The molecule has 0 atom stereocenters. The highest BCUT2D eigenvalue weighted by Crippen LogP contribution is 2.16. The molecule has 6 nitrogen and oxygen atoms in total. The Bertz CT molecular complexity index is 834. The molecule has 0 saturated heterocycles. The van der Waals surface area contributed by atoms with Gasteiger partial charge >= 0.3 is 5.97 Å². The largest absolute Gasteiger partial charge is 0.456 e. The highest BCUT2D eigenvalue weighted by atomic mass is 79.9. The fourth-order valence-electron chi connectivity index (χ4n) is 2.33. The van der Waals surface area contributed by atoms with Crippen molar-refractivity contribution in [3.05, 3.63) is 58.1 Å². The first kappa shape index (κ1) is 20.6. The molecule has 2 aromatic carbocycles. The van der Waals surface area contributed by atoms with Crippen molar-refractivity contribution >= 4 is 45.1 Å². The molecule has 0 heterocycles. The summed E-state index contributed by atoms with van der Waals surface area (Å²) in [5.74, 6) is -1.32. The molecule has 0 bridgehead atoms. The SMILES string of the molecule is Cc1ccc(NC(=O)CCC(=O)OCC(=O)Nc2ccc(Br)cc2)c(C)c1.